The highest BCUT2D eigenvalue weighted by Crippen LogP contribution is 2.54. The van der Waals surface area contributed by atoms with Gasteiger partial charge in [-0.2, -0.15) is 0 Å². The van der Waals surface area contributed by atoms with Gasteiger partial charge in [-0.25, -0.2) is 0 Å². The molecule has 2 aromatic rings. The average Bonchev–Trinajstić information content (AvgIpc) is 3.31. The summed E-state index contributed by atoms with van der Waals surface area (Å²) in [6.07, 6.45) is -0.437. The van der Waals surface area contributed by atoms with Crippen LogP contribution >= 0.6 is 0 Å². The van der Waals surface area contributed by atoms with Gasteiger partial charge in [-0.15, -0.1) is 0 Å². The predicted octanol–water partition coefficient (Wildman–Crippen LogP) is 3.06. The Labute approximate surface area is 198 Å². The second-order valence-corrected chi connectivity index (χ2v) is 8.24. The van der Waals surface area contributed by atoms with E-state index in [1.54, 1.807) is 28.4 Å². The van der Waals surface area contributed by atoms with Gasteiger partial charge in [0.1, 0.15) is 0 Å². The lowest BCUT2D eigenvalue weighted by Crippen LogP contribution is -2.39. The SMILES string of the molecule is COc1cc([C@@H]2c3cc4c(cc3[C@@H](OC)[C@@H](CO)[C@@H]2COC(C)=O)OCO4)cc(OC)c1OC. The number of hydrogen-bond acceptors (Lipinski definition) is 9. The molecule has 0 unspecified atom stereocenters. The number of aliphatic hydroxyl groups is 1. The molecule has 0 saturated heterocycles. The number of methoxy groups -OCH3 is 4. The van der Waals surface area contributed by atoms with Gasteiger partial charge in [0.05, 0.1) is 34.0 Å². The van der Waals surface area contributed by atoms with Crippen molar-refractivity contribution in [2.24, 2.45) is 11.8 Å². The molecular weight excluding hydrogens is 444 g/mol. The Morgan fingerprint density at radius 1 is 0.941 bits per heavy atom. The van der Waals surface area contributed by atoms with Crippen LogP contribution in [0.15, 0.2) is 24.3 Å². The quantitative estimate of drug-likeness (QED) is 0.578. The smallest absolute Gasteiger partial charge is 0.302 e. The molecular formula is C25H30O9. The second-order valence-electron chi connectivity index (χ2n) is 8.24. The van der Waals surface area contributed by atoms with Gasteiger partial charge in [0.25, 0.3) is 0 Å². The highest BCUT2D eigenvalue weighted by molar-refractivity contribution is 5.66. The first-order chi connectivity index (χ1) is 16.5. The van der Waals surface area contributed by atoms with Crippen molar-refractivity contribution in [2.75, 3.05) is 48.4 Å². The normalized spacial score (nSPS) is 22.6. The summed E-state index contributed by atoms with van der Waals surface area (Å²) in [4.78, 5) is 11.7. The minimum atomic E-state index is -0.437. The second kappa shape index (κ2) is 9.99. The number of carbonyl (C=O) groups excluding carboxylic acids is 1. The van der Waals surface area contributed by atoms with Crippen LogP contribution in [0.1, 0.15) is 35.6 Å². The molecule has 34 heavy (non-hydrogen) atoms. The van der Waals surface area contributed by atoms with E-state index >= 15 is 0 Å². The number of fused-ring (bicyclic) bond motifs is 2. The van der Waals surface area contributed by atoms with Crippen LogP contribution in [-0.2, 0) is 14.3 Å². The summed E-state index contributed by atoms with van der Waals surface area (Å²) in [5.41, 5.74) is 2.65. The molecule has 0 bridgehead atoms. The minimum absolute atomic E-state index is 0.0929. The molecule has 184 valence electrons. The monoisotopic (exact) mass is 474 g/mol. The summed E-state index contributed by atoms with van der Waals surface area (Å²) >= 11 is 0. The number of aliphatic hydroxyl groups excluding tert-OH is 1. The van der Waals surface area contributed by atoms with Crippen molar-refractivity contribution < 1.29 is 43.1 Å². The van der Waals surface area contributed by atoms with E-state index in [0.717, 1.165) is 16.7 Å². The summed E-state index contributed by atoms with van der Waals surface area (Å²) < 4.78 is 39.3. The molecule has 0 aromatic heterocycles. The molecule has 1 aliphatic heterocycles. The lowest BCUT2D eigenvalue weighted by atomic mass is 9.65. The van der Waals surface area contributed by atoms with Crippen LogP contribution < -0.4 is 23.7 Å². The first-order valence-corrected chi connectivity index (χ1v) is 11.0. The van der Waals surface area contributed by atoms with Crippen LogP contribution in [0.5, 0.6) is 28.7 Å². The molecule has 1 heterocycles. The minimum Gasteiger partial charge on any atom is -0.493 e. The Balaban J connectivity index is 1.96. The molecule has 9 nitrogen and oxygen atoms in total. The molecule has 0 spiro atoms. The van der Waals surface area contributed by atoms with E-state index in [9.17, 15) is 9.90 Å². The van der Waals surface area contributed by atoms with Gasteiger partial charge >= 0.3 is 5.97 Å². The van der Waals surface area contributed by atoms with E-state index in [4.69, 9.17) is 33.2 Å². The van der Waals surface area contributed by atoms with Crippen molar-refractivity contribution in [3.63, 3.8) is 0 Å². The van der Waals surface area contributed by atoms with Gasteiger partial charge in [-0.05, 0) is 41.0 Å². The van der Waals surface area contributed by atoms with E-state index in [1.807, 2.05) is 24.3 Å². The van der Waals surface area contributed by atoms with Crippen molar-refractivity contribution in [1.82, 2.24) is 0 Å². The van der Waals surface area contributed by atoms with E-state index in [0.29, 0.717) is 28.7 Å². The summed E-state index contributed by atoms with van der Waals surface area (Å²) in [5.74, 6) is 1.35. The van der Waals surface area contributed by atoms with Gasteiger partial charge in [0, 0.05) is 38.4 Å². The van der Waals surface area contributed by atoms with Crippen molar-refractivity contribution in [3.05, 3.63) is 41.0 Å². The van der Waals surface area contributed by atoms with E-state index in [-0.39, 0.29) is 37.8 Å². The number of esters is 1. The molecule has 2 aromatic carbocycles. The molecule has 0 amide bonds. The van der Waals surface area contributed by atoms with E-state index < -0.39 is 12.1 Å². The molecule has 0 radical (unpaired) electrons. The zero-order valence-electron chi connectivity index (χ0n) is 20.0. The van der Waals surface area contributed by atoms with Gasteiger partial charge in [0.15, 0.2) is 23.0 Å². The van der Waals surface area contributed by atoms with Crippen molar-refractivity contribution in [1.29, 1.82) is 0 Å². The molecule has 0 fully saturated rings. The fourth-order valence-electron chi connectivity index (χ4n) is 5.10. The number of carbonyl (C=O) groups is 1. The third kappa shape index (κ3) is 4.10. The van der Waals surface area contributed by atoms with E-state index in [1.165, 1.54) is 6.92 Å². The van der Waals surface area contributed by atoms with Crippen molar-refractivity contribution >= 4 is 5.97 Å². The topological polar surface area (TPSA) is 102 Å². The van der Waals surface area contributed by atoms with Crippen molar-refractivity contribution in [3.8, 4) is 28.7 Å². The van der Waals surface area contributed by atoms with Crippen LogP contribution in [0.2, 0.25) is 0 Å². The largest absolute Gasteiger partial charge is 0.493 e. The Bertz CT molecular complexity index is 1030. The van der Waals surface area contributed by atoms with E-state index in [2.05, 4.69) is 0 Å². The van der Waals surface area contributed by atoms with Crippen LogP contribution in [0.3, 0.4) is 0 Å². The summed E-state index contributed by atoms with van der Waals surface area (Å²) in [6, 6.07) is 7.60. The fourth-order valence-corrected chi connectivity index (χ4v) is 5.10. The Hall–Kier alpha value is -3.17. The Kier molecular flexibility index (Phi) is 7.04. The third-order valence-corrected chi connectivity index (χ3v) is 6.58. The standard InChI is InChI=1S/C25H30O9/c1-13(27)32-11-18-17(10-26)24(30-4)16-9-20-19(33-12-34-20)8-15(16)23(18)14-6-21(28-2)25(31-5)22(7-14)29-3/h6-9,17-18,23-24,26H,10-12H2,1-5H3/t17-,18-,23+,24+/m0/s1. The summed E-state index contributed by atoms with van der Waals surface area (Å²) in [6.45, 7) is 1.42. The number of ether oxygens (including phenoxy) is 7. The maximum atomic E-state index is 11.7. The van der Waals surface area contributed by atoms with Gasteiger partial charge in [0.2, 0.25) is 12.5 Å². The van der Waals surface area contributed by atoms with Gasteiger partial charge < -0.3 is 38.3 Å². The Morgan fingerprint density at radius 2 is 1.56 bits per heavy atom. The lowest BCUT2D eigenvalue weighted by molar-refractivity contribution is -0.144. The molecule has 9 heteroatoms. The number of hydrogen-bond donors (Lipinski definition) is 1. The molecule has 4 atom stereocenters. The number of rotatable bonds is 8. The zero-order valence-corrected chi connectivity index (χ0v) is 20.0. The molecule has 4 rings (SSSR count). The molecule has 2 aliphatic rings. The van der Waals surface area contributed by atoms with Crippen LogP contribution in [-0.4, -0.2) is 59.5 Å². The first kappa shape index (κ1) is 24.0. The molecule has 1 aliphatic carbocycles. The molecule has 0 saturated carbocycles. The van der Waals surface area contributed by atoms with Crippen LogP contribution in [0, 0.1) is 11.8 Å². The summed E-state index contributed by atoms with van der Waals surface area (Å²) in [5, 5.41) is 10.4. The maximum Gasteiger partial charge on any atom is 0.302 e. The van der Waals surface area contributed by atoms with Crippen LogP contribution in [0.4, 0.5) is 0 Å². The fraction of sp³-hybridized carbons (Fsp3) is 0.480. The highest BCUT2D eigenvalue weighted by atomic mass is 16.7. The van der Waals surface area contributed by atoms with Gasteiger partial charge in [-0.1, -0.05) is 0 Å². The Morgan fingerprint density at radius 3 is 2.06 bits per heavy atom. The highest BCUT2D eigenvalue weighted by Gasteiger charge is 2.45. The van der Waals surface area contributed by atoms with Crippen molar-refractivity contribution in [2.45, 2.75) is 18.9 Å². The third-order valence-electron chi connectivity index (χ3n) is 6.58. The average molecular weight is 475 g/mol. The maximum absolute atomic E-state index is 11.7. The van der Waals surface area contributed by atoms with Crippen LogP contribution in [0.25, 0.3) is 0 Å². The van der Waals surface area contributed by atoms with Gasteiger partial charge in [-0.3, -0.25) is 4.79 Å². The molecule has 1 N–H and O–H groups in total. The summed E-state index contributed by atoms with van der Waals surface area (Å²) in [7, 11) is 6.26. The predicted molar refractivity (Wildman–Crippen MR) is 121 cm³/mol. The first-order valence-electron chi connectivity index (χ1n) is 11.0. The lowest BCUT2D eigenvalue weighted by Gasteiger charge is -2.43. The number of benzene rings is 2. The zero-order chi connectivity index (χ0) is 24.4.